The van der Waals surface area contributed by atoms with Crippen LogP contribution in [0.1, 0.15) is 23.8 Å². The molecule has 0 aliphatic heterocycles. The molecule has 1 atom stereocenters. The van der Waals surface area contributed by atoms with Crippen molar-refractivity contribution in [1.82, 2.24) is 20.3 Å². The third-order valence-electron chi connectivity index (χ3n) is 1.98. The normalized spacial score (nSPS) is 12.4. The lowest BCUT2D eigenvalue weighted by molar-refractivity contribution is 0.0940. The molecule has 16 heavy (non-hydrogen) atoms. The highest BCUT2D eigenvalue weighted by atomic mass is 16.3. The molecule has 1 aromatic rings. The summed E-state index contributed by atoms with van der Waals surface area (Å²) in [5, 5.41) is 19.1. The van der Waals surface area contributed by atoms with Crippen molar-refractivity contribution in [3.05, 3.63) is 11.9 Å². The number of carbonyl (C=O) groups is 1. The Morgan fingerprint density at radius 3 is 3.12 bits per heavy atom. The van der Waals surface area contributed by atoms with E-state index in [2.05, 4.69) is 15.6 Å². The Morgan fingerprint density at radius 1 is 1.75 bits per heavy atom. The van der Waals surface area contributed by atoms with Gasteiger partial charge < -0.3 is 16.2 Å². The van der Waals surface area contributed by atoms with Crippen molar-refractivity contribution >= 4 is 5.91 Å². The number of hydrogen-bond donors (Lipinski definition) is 3. The summed E-state index contributed by atoms with van der Waals surface area (Å²) in [5.74, 6) is -0.288. The molecule has 7 nitrogen and oxygen atoms in total. The molecule has 90 valence electrons. The van der Waals surface area contributed by atoms with Gasteiger partial charge in [0.15, 0.2) is 5.69 Å². The van der Waals surface area contributed by atoms with Crippen LogP contribution >= 0.6 is 0 Å². The zero-order valence-corrected chi connectivity index (χ0v) is 9.26. The second kappa shape index (κ2) is 6.19. The number of hydrogen-bond acceptors (Lipinski definition) is 5. The molecule has 1 heterocycles. The third kappa shape index (κ3) is 3.95. The van der Waals surface area contributed by atoms with Gasteiger partial charge >= 0.3 is 0 Å². The Hall–Kier alpha value is -1.47. The molecule has 0 aliphatic carbocycles. The number of aromatic nitrogens is 3. The van der Waals surface area contributed by atoms with Crippen LogP contribution in [0.5, 0.6) is 0 Å². The van der Waals surface area contributed by atoms with Crippen molar-refractivity contribution < 1.29 is 9.90 Å². The van der Waals surface area contributed by atoms with Gasteiger partial charge in [-0.25, -0.2) is 0 Å². The minimum absolute atomic E-state index is 0.263. The van der Waals surface area contributed by atoms with E-state index >= 15 is 0 Å². The number of amides is 1. The summed E-state index contributed by atoms with van der Waals surface area (Å²) in [6.45, 7) is 3.07. The molecule has 0 saturated heterocycles. The highest BCUT2D eigenvalue weighted by Crippen LogP contribution is 1.93. The van der Waals surface area contributed by atoms with E-state index in [0.717, 1.165) is 0 Å². The summed E-state index contributed by atoms with van der Waals surface area (Å²) >= 11 is 0. The van der Waals surface area contributed by atoms with Crippen LogP contribution in [-0.2, 0) is 6.54 Å². The molecule has 4 N–H and O–H groups in total. The predicted octanol–water partition coefficient (Wildman–Crippen LogP) is -1.26. The van der Waals surface area contributed by atoms with Crippen molar-refractivity contribution in [2.75, 3.05) is 13.1 Å². The van der Waals surface area contributed by atoms with Crippen LogP contribution in [0.15, 0.2) is 6.20 Å². The van der Waals surface area contributed by atoms with E-state index < -0.39 is 6.10 Å². The van der Waals surface area contributed by atoms with Gasteiger partial charge in [-0.3, -0.25) is 9.48 Å². The van der Waals surface area contributed by atoms with E-state index in [1.807, 2.05) is 0 Å². The molecule has 0 aliphatic rings. The highest BCUT2D eigenvalue weighted by Gasteiger charge is 2.09. The number of nitrogens with two attached hydrogens (primary N) is 1. The minimum Gasteiger partial charge on any atom is -0.393 e. The second-order valence-corrected chi connectivity index (χ2v) is 3.55. The van der Waals surface area contributed by atoms with Crippen molar-refractivity contribution in [3.8, 4) is 0 Å². The van der Waals surface area contributed by atoms with Crippen molar-refractivity contribution in [2.24, 2.45) is 5.73 Å². The van der Waals surface area contributed by atoms with E-state index in [0.29, 0.717) is 26.1 Å². The molecule has 7 heteroatoms. The van der Waals surface area contributed by atoms with Crippen LogP contribution < -0.4 is 11.1 Å². The second-order valence-electron chi connectivity index (χ2n) is 3.55. The number of aliphatic hydroxyl groups is 1. The molecule has 1 amide bonds. The summed E-state index contributed by atoms with van der Waals surface area (Å²) in [7, 11) is 0. The summed E-state index contributed by atoms with van der Waals surface area (Å²) in [6, 6.07) is 0. The van der Waals surface area contributed by atoms with E-state index in [1.165, 1.54) is 4.68 Å². The van der Waals surface area contributed by atoms with Crippen LogP contribution in [0.4, 0.5) is 0 Å². The molecule has 0 aromatic carbocycles. The number of nitrogens with zero attached hydrogens (tertiary/aromatic N) is 3. The van der Waals surface area contributed by atoms with Gasteiger partial charge in [0.05, 0.1) is 18.8 Å². The first-order valence-corrected chi connectivity index (χ1v) is 5.20. The average Bonchev–Trinajstić information content (AvgIpc) is 2.66. The zero-order chi connectivity index (χ0) is 12.0. The summed E-state index contributed by atoms with van der Waals surface area (Å²) in [4.78, 5) is 11.5. The fourth-order valence-corrected chi connectivity index (χ4v) is 1.13. The van der Waals surface area contributed by atoms with Crippen molar-refractivity contribution in [1.29, 1.82) is 0 Å². The highest BCUT2D eigenvalue weighted by molar-refractivity contribution is 5.91. The van der Waals surface area contributed by atoms with Gasteiger partial charge in [0.2, 0.25) is 0 Å². The Morgan fingerprint density at radius 2 is 2.50 bits per heavy atom. The smallest absolute Gasteiger partial charge is 0.273 e. The van der Waals surface area contributed by atoms with E-state index in [4.69, 9.17) is 10.8 Å². The van der Waals surface area contributed by atoms with Gasteiger partial charge in [-0.15, -0.1) is 5.10 Å². The lowest BCUT2D eigenvalue weighted by atomic mass is 10.3. The molecule has 1 unspecified atom stereocenters. The van der Waals surface area contributed by atoms with Crippen LogP contribution in [0, 0.1) is 0 Å². The third-order valence-corrected chi connectivity index (χ3v) is 1.98. The molecule has 1 rings (SSSR count). The van der Waals surface area contributed by atoms with Gasteiger partial charge in [-0.1, -0.05) is 5.21 Å². The maximum Gasteiger partial charge on any atom is 0.273 e. The number of aliphatic hydroxyl groups excluding tert-OH is 1. The summed E-state index contributed by atoms with van der Waals surface area (Å²) in [5.41, 5.74) is 5.61. The molecule has 0 fully saturated rings. The summed E-state index contributed by atoms with van der Waals surface area (Å²) < 4.78 is 1.52. The SMILES string of the molecule is CC(O)CCNC(=O)c1cn(CCN)nn1. The van der Waals surface area contributed by atoms with Crippen molar-refractivity contribution in [2.45, 2.75) is 26.0 Å². The Labute approximate surface area is 93.6 Å². The molecule has 0 spiro atoms. The zero-order valence-electron chi connectivity index (χ0n) is 9.26. The first-order chi connectivity index (χ1) is 7.63. The fourth-order valence-electron chi connectivity index (χ4n) is 1.13. The fraction of sp³-hybridized carbons (Fsp3) is 0.667. The van der Waals surface area contributed by atoms with Gasteiger partial charge in [-0.05, 0) is 13.3 Å². The first kappa shape index (κ1) is 12.6. The maximum atomic E-state index is 11.5. The van der Waals surface area contributed by atoms with Crippen molar-refractivity contribution in [3.63, 3.8) is 0 Å². The quantitative estimate of drug-likeness (QED) is 0.562. The lowest BCUT2D eigenvalue weighted by Crippen LogP contribution is -2.26. The average molecular weight is 227 g/mol. The molecule has 0 radical (unpaired) electrons. The summed E-state index contributed by atoms with van der Waals surface area (Å²) in [6.07, 6.45) is 1.64. The lowest BCUT2D eigenvalue weighted by Gasteiger charge is -2.04. The minimum atomic E-state index is -0.423. The first-order valence-electron chi connectivity index (χ1n) is 5.20. The molecule has 0 saturated carbocycles. The molecular formula is C9H17N5O2. The van der Waals surface area contributed by atoms with E-state index in [1.54, 1.807) is 13.1 Å². The largest absolute Gasteiger partial charge is 0.393 e. The van der Waals surface area contributed by atoms with Gasteiger partial charge in [0.1, 0.15) is 0 Å². The molecule has 1 aromatic heterocycles. The Kier molecular flexibility index (Phi) is 4.87. The molecule has 0 bridgehead atoms. The van der Waals surface area contributed by atoms with E-state index in [9.17, 15) is 4.79 Å². The van der Waals surface area contributed by atoms with Gasteiger partial charge in [0.25, 0.3) is 5.91 Å². The van der Waals surface area contributed by atoms with Crippen LogP contribution in [-0.4, -0.2) is 45.2 Å². The molecular weight excluding hydrogens is 210 g/mol. The maximum absolute atomic E-state index is 11.5. The number of carbonyl (C=O) groups excluding carboxylic acids is 1. The number of rotatable bonds is 6. The van der Waals surface area contributed by atoms with Gasteiger partial charge in [0, 0.05) is 13.1 Å². The predicted molar refractivity (Wildman–Crippen MR) is 57.7 cm³/mol. The Balaban J connectivity index is 2.40. The standard InChI is InChI=1S/C9H17N5O2/c1-7(15)2-4-11-9(16)8-6-14(5-3-10)13-12-8/h6-7,15H,2-5,10H2,1H3,(H,11,16). The monoisotopic (exact) mass is 227 g/mol. The van der Waals surface area contributed by atoms with E-state index in [-0.39, 0.29) is 11.6 Å². The Bertz CT molecular complexity index is 336. The van der Waals surface area contributed by atoms with Crippen LogP contribution in [0.25, 0.3) is 0 Å². The van der Waals surface area contributed by atoms with Gasteiger partial charge in [-0.2, -0.15) is 0 Å². The van der Waals surface area contributed by atoms with Crippen LogP contribution in [0.3, 0.4) is 0 Å². The number of nitrogens with one attached hydrogen (secondary N) is 1. The van der Waals surface area contributed by atoms with Crippen LogP contribution in [0.2, 0.25) is 0 Å². The topological polar surface area (TPSA) is 106 Å².